The zero-order valence-electron chi connectivity index (χ0n) is 12.9. The average molecular weight is 289 g/mol. The highest BCUT2D eigenvalue weighted by atomic mass is 16.5. The van der Waals surface area contributed by atoms with Gasteiger partial charge in [0.2, 0.25) is 0 Å². The first-order valence-electron chi connectivity index (χ1n) is 7.41. The van der Waals surface area contributed by atoms with Gasteiger partial charge in [0.05, 0.1) is 12.8 Å². The summed E-state index contributed by atoms with van der Waals surface area (Å²) >= 11 is 0. The first kappa shape index (κ1) is 14.3. The van der Waals surface area contributed by atoms with Crippen molar-refractivity contribution in [2.75, 3.05) is 7.11 Å². The first-order chi connectivity index (χ1) is 10.8. The fourth-order valence-corrected chi connectivity index (χ4v) is 2.71. The lowest BCUT2D eigenvalue weighted by Gasteiger charge is -2.14. The van der Waals surface area contributed by atoms with E-state index in [4.69, 9.17) is 4.74 Å². The summed E-state index contributed by atoms with van der Waals surface area (Å²) in [6, 6.07) is 20.6. The molecule has 3 aromatic rings. The third-order valence-electron chi connectivity index (χ3n) is 3.90. The molecule has 2 nitrogen and oxygen atoms in total. The summed E-state index contributed by atoms with van der Waals surface area (Å²) in [4.78, 5) is 4.50. The van der Waals surface area contributed by atoms with Crippen molar-refractivity contribution in [2.45, 2.75) is 13.3 Å². The zero-order valence-corrected chi connectivity index (χ0v) is 12.9. The summed E-state index contributed by atoms with van der Waals surface area (Å²) in [5, 5.41) is 0. The minimum absolute atomic E-state index is 0.866. The lowest BCUT2D eigenvalue weighted by atomic mass is 9.94. The summed E-state index contributed by atoms with van der Waals surface area (Å²) in [6.07, 6.45) is 2.69. The molecule has 0 atom stereocenters. The summed E-state index contributed by atoms with van der Waals surface area (Å²) in [5.41, 5.74) is 5.88. The molecule has 0 bridgehead atoms. The number of benzene rings is 2. The van der Waals surface area contributed by atoms with Crippen LogP contribution >= 0.6 is 0 Å². The quantitative estimate of drug-likeness (QED) is 0.697. The van der Waals surface area contributed by atoms with Gasteiger partial charge in [0.15, 0.2) is 0 Å². The largest absolute Gasteiger partial charge is 0.496 e. The Bertz CT molecular complexity index is 766. The van der Waals surface area contributed by atoms with Crippen LogP contribution in [0.25, 0.3) is 11.3 Å². The molecule has 0 unspecified atom stereocenters. The molecule has 1 aromatic heterocycles. The molecule has 0 aliphatic rings. The van der Waals surface area contributed by atoms with Crippen molar-refractivity contribution >= 4 is 0 Å². The maximum Gasteiger partial charge on any atom is 0.128 e. The van der Waals surface area contributed by atoms with Gasteiger partial charge in [-0.3, -0.25) is 4.98 Å². The van der Waals surface area contributed by atoms with Crippen molar-refractivity contribution < 1.29 is 4.74 Å². The predicted octanol–water partition coefficient (Wildman–Crippen LogP) is 4.66. The number of hydrogen-bond acceptors (Lipinski definition) is 2. The van der Waals surface area contributed by atoms with Crippen LogP contribution in [-0.2, 0) is 6.42 Å². The number of ether oxygens (including phenoxy) is 1. The fraction of sp³-hybridized carbons (Fsp3) is 0.150. The molecule has 3 rings (SSSR count). The fourth-order valence-electron chi connectivity index (χ4n) is 2.71. The third kappa shape index (κ3) is 2.86. The van der Waals surface area contributed by atoms with E-state index in [2.05, 4.69) is 42.2 Å². The van der Waals surface area contributed by atoms with Crippen LogP contribution in [0.1, 0.15) is 16.7 Å². The normalized spacial score (nSPS) is 10.5. The Morgan fingerprint density at radius 3 is 2.36 bits per heavy atom. The summed E-state index contributed by atoms with van der Waals surface area (Å²) in [5.74, 6) is 0.866. The van der Waals surface area contributed by atoms with Crippen LogP contribution in [0.15, 0.2) is 66.9 Å². The number of rotatable bonds is 4. The maximum absolute atomic E-state index is 5.57. The lowest BCUT2D eigenvalue weighted by molar-refractivity contribution is 0.416. The number of aryl methyl sites for hydroxylation is 1. The summed E-state index contributed by atoms with van der Waals surface area (Å²) in [6.45, 7) is 2.15. The van der Waals surface area contributed by atoms with Gasteiger partial charge in [-0.2, -0.15) is 0 Å². The second-order valence-electron chi connectivity index (χ2n) is 5.31. The Balaban J connectivity index is 2.10. The van der Waals surface area contributed by atoms with Gasteiger partial charge >= 0.3 is 0 Å². The molecule has 0 aliphatic carbocycles. The molecule has 2 heteroatoms. The Morgan fingerprint density at radius 2 is 1.64 bits per heavy atom. The van der Waals surface area contributed by atoms with Gasteiger partial charge in [-0.1, -0.05) is 42.5 Å². The monoisotopic (exact) mass is 289 g/mol. The van der Waals surface area contributed by atoms with Crippen molar-refractivity contribution in [3.8, 4) is 17.0 Å². The van der Waals surface area contributed by atoms with E-state index in [0.29, 0.717) is 0 Å². The van der Waals surface area contributed by atoms with E-state index in [1.165, 1.54) is 16.7 Å². The molecular formula is C20H19NO. The van der Waals surface area contributed by atoms with Crippen molar-refractivity contribution in [1.82, 2.24) is 4.98 Å². The topological polar surface area (TPSA) is 22.1 Å². The zero-order chi connectivity index (χ0) is 15.4. The standard InChI is InChI=1S/C20H19NO/c1-15-8-3-4-9-16(15)14-17-10-7-12-19(22-2)20(17)18-11-5-6-13-21-18/h3-13H,14H2,1-2H3. The molecule has 2 aromatic carbocycles. The van der Waals surface area contributed by atoms with Crippen molar-refractivity contribution in [3.05, 3.63) is 83.6 Å². The first-order valence-corrected chi connectivity index (χ1v) is 7.41. The van der Waals surface area contributed by atoms with Crippen LogP contribution < -0.4 is 4.74 Å². The van der Waals surface area contributed by atoms with E-state index >= 15 is 0 Å². The molecule has 0 N–H and O–H groups in total. The van der Waals surface area contributed by atoms with Gasteiger partial charge in [-0.25, -0.2) is 0 Å². The highest BCUT2D eigenvalue weighted by Gasteiger charge is 2.13. The second-order valence-corrected chi connectivity index (χ2v) is 5.31. The SMILES string of the molecule is COc1cccc(Cc2ccccc2C)c1-c1ccccn1. The van der Waals surface area contributed by atoms with E-state index in [1.54, 1.807) is 7.11 Å². The molecule has 110 valence electrons. The van der Waals surface area contributed by atoms with Crippen LogP contribution in [-0.4, -0.2) is 12.1 Å². The van der Waals surface area contributed by atoms with Gasteiger partial charge in [0.25, 0.3) is 0 Å². The van der Waals surface area contributed by atoms with Crippen molar-refractivity contribution in [3.63, 3.8) is 0 Å². The Labute approximate surface area is 131 Å². The predicted molar refractivity (Wildman–Crippen MR) is 90.2 cm³/mol. The molecule has 1 heterocycles. The minimum atomic E-state index is 0.866. The molecule has 22 heavy (non-hydrogen) atoms. The highest BCUT2D eigenvalue weighted by Crippen LogP contribution is 2.33. The lowest BCUT2D eigenvalue weighted by Crippen LogP contribution is -1.98. The molecule has 0 radical (unpaired) electrons. The maximum atomic E-state index is 5.57. The number of nitrogens with zero attached hydrogens (tertiary/aromatic N) is 1. The van der Waals surface area contributed by atoms with Crippen molar-refractivity contribution in [2.24, 2.45) is 0 Å². The number of hydrogen-bond donors (Lipinski definition) is 0. The van der Waals surface area contributed by atoms with Gasteiger partial charge in [0.1, 0.15) is 5.75 Å². The number of pyridine rings is 1. The Morgan fingerprint density at radius 1 is 0.864 bits per heavy atom. The van der Waals surface area contributed by atoms with Crippen LogP contribution in [0.2, 0.25) is 0 Å². The van der Waals surface area contributed by atoms with Crippen LogP contribution in [0.3, 0.4) is 0 Å². The van der Waals surface area contributed by atoms with E-state index in [-0.39, 0.29) is 0 Å². The molecule has 0 aliphatic heterocycles. The highest BCUT2D eigenvalue weighted by molar-refractivity contribution is 5.71. The molecule has 0 fully saturated rings. The van der Waals surface area contributed by atoms with Crippen LogP contribution in [0, 0.1) is 6.92 Å². The summed E-state index contributed by atoms with van der Waals surface area (Å²) < 4.78 is 5.57. The molecule has 0 saturated carbocycles. The van der Waals surface area contributed by atoms with E-state index in [0.717, 1.165) is 23.4 Å². The average Bonchev–Trinajstić information content (AvgIpc) is 2.57. The Hall–Kier alpha value is -2.61. The smallest absolute Gasteiger partial charge is 0.128 e. The Kier molecular flexibility index (Phi) is 4.19. The van der Waals surface area contributed by atoms with Gasteiger partial charge in [0, 0.05) is 11.8 Å². The van der Waals surface area contributed by atoms with Crippen molar-refractivity contribution in [1.29, 1.82) is 0 Å². The number of methoxy groups -OCH3 is 1. The molecule has 0 amide bonds. The summed E-state index contributed by atoms with van der Waals surface area (Å²) in [7, 11) is 1.71. The van der Waals surface area contributed by atoms with E-state index in [1.807, 2.05) is 36.5 Å². The van der Waals surface area contributed by atoms with Crippen LogP contribution in [0.5, 0.6) is 5.75 Å². The second kappa shape index (κ2) is 6.44. The van der Waals surface area contributed by atoms with Gasteiger partial charge in [-0.15, -0.1) is 0 Å². The molecule has 0 spiro atoms. The number of aromatic nitrogens is 1. The van der Waals surface area contributed by atoms with Gasteiger partial charge < -0.3 is 4.74 Å². The molecule has 0 saturated heterocycles. The third-order valence-corrected chi connectivity index (χ3v) is 3.90. The van der Waals surface area contributed by atoms with E-state index < -0.39 is 0 Å². The van der Waals surface area contributed by atoms with Gasteiger partial charge in [-0.05, 0) is 48.2 Å². The minimum Gasteiger partial charge on any atom is -0.496 e. The van der Waals surface area contributed by atoms with E-state index in [9.17, 15) is 0 Å². The van der Waals surface area contributed by atoms with Crippen LogP contribution in [0.4, 0.5) is 0 Å². The molecular weight excluding hydrogens is 270 g/mol.